The summed E-state index contributed by atoms with van der Waals surface area (Å²) in [5, 5.41) is 5.83. The number of benzene rings is 1. The average Bonchev–Trinajstić information content (AvgIpc) is 3.05. The fraction of sp³-hybridized carbons (Fsp3) is 0.579. The number of hydrogen-bond donors (Lipinski definition) is 2. The zero-order chi connectivity index (χ0) is 16.7. The summed E-state index contributed by atoms with van der Waals surface area (Å²) in [6, 6.07) is 7.63. The molecule has 126 valence electrons. The molecule has 1 aliphatic carbocycles. The van der Waals surface area contributed by atoms with Gasteiger partial charge in [0.1, 0.15) is 0 Å². The Kier molecular flexibility index (Phi) is 6.63. The Balaban J connectivity index is 1.70. The van der Waals surface area contributed by atoms with Gasteiger partial charge >= 0.3 is 0 Å². The van der Waals surface area contributed by atoms with Crippen LogP contribution in [0.25, 0.3) is 0 Å². The molecule has 1 aliphatic rings. The molecule has 0 radical (unpaired) electrons. The van der Waals surface area contributed by atoms with E-state index in [-0.39, 0.29) is 17.7 Å². The molecule has 0 atom stereocenters. The number of anilines is 1. The van der Waals surface area contributed by atoms with E-state index in [9.17, 15) is 9.59 Å². The third kappa shape index (κ3) is 6.05. The summed E-state index contributed by atoms with van der Waals surface area (Å²) < 4.78 is 0. The Morgan fingerprint density at radius 1 is 1.13 bits per heavy atom. The Bertz CT molecular complexity index is 517. The number of nitrogens with one attached hydrogen (secondary N) is 2. The highest BCUT2D eigenvalue weighted by molar-refractivity contribution is 5.92. The van der Waals surface area contributed by atoms with Gasteiger partial charge in [0.05, 0.1) is 0 Å². The molecular formula is C19H28N2O2. The summed E-state index contributed by atoms with van der Waals surface area (Å²) in [5.41, 5.74) is 1.83. The van der Waals surface area contributed by atoms with E-state index in [0.29, 0.717) is 13.0 Å². The molecule has 1 fully saturated rings. The van der Waals surface area contributed by atoms with Crippen LogP contribution in [-0.2, 0) is 16.1 Å². The SMILES string of the molecule is CC(C)C(=O)Nc1ccc(CNC(=O)CCC2CCCC2)cc1. The third-order valence-corrected chi connectivity index (χ3v) is 4.49. The molecule has 2 N–H and O–H groups in total. The quantitative estimate of drug-likeness (QED) is 0.802. The molecule has 0 unspecified atom stereocenters. The first kappa shape index (κ1) is 17.5. The summed E-state index contributed by atoms with van der Waals surface area (Å²) in [4.78, 5) is 23.5. The molecule has 0 aromatic heterocycles. The van der Waals surface area contributed by atoms with Crippen LogP contribution in [0, 0.1) is 11.8 Å². The molecule has 1 aromatic rings. The zero-order valence-electron chi connectivity index (χ0n) is 14.2. The molecule has 0 aliphatic heterocycles. The van der Waals surface area contributed by atoms with Crippen molar-refractivity contribution in [3.63, 3.8) is 0 Å². The molecule has 23 heavy (non-hydrogen) atoms. The van der Waals surface area contributed by atoms with E-state index in [2.05, 4.69) is 10.6 Å². The van der Waals surface area contributed by atoms with Crippen molar-refractivity contribution in [1.29, 1.82) is 0 Å². The molecular weight excluding hydrogens is 288 g/mol. The average molecular weight is 316 g/mol. The lowest BCUT2D eigenvalue weighted by Gasteiger charge is -2.10. The largest absolute Gasteiger partial charge is 0.352 e. The third-order valence-electron chi connectivity index (χ3n) is 4.49. The summed E-state index contributed by atoms with van der Waals surface area (Å²) >= 11 is 0. The highest BCUT2D eigenvalue weighted by atomic mass is 16.2. The number of carbonyl (C=O) groups excluding carboxylic acids is 2. The number of carbonyl (C=O) groups is 2. The van der Waals surface area contributed by atoms with Gasteiger partial charge in [-0.25, -0.2) is 0 Å². The molecule has 0 spiro atoms. The van der Waals surface area contributed by atoms with Crippen molar-refractivity contribution in [2.45, 2.75) is 58.9 Å². The van der Waals surface area contributed by atoms with Gasteiger partial charge in [-0.1, -0.05) is 51.7 Å². The normalized spacial score (nSPS) is 14.9. The van der Waals surface area contributed by atoms with Gasteiger partial charge in [0.15, 0.2) is 0 Å². The fourth-order valence-corrected chi connectivity index (χ4v) is 2.92. The molecule has 1 aromatic carbocycles. The molecule has 4 nitrogen and oxygen atoms in total. The minimum Gasteiger partial charge on any atom is -0.352 e. The zero-order valence-corrected chi connectivity index (χ0v) is 14.2. The minimum absolute atomic E-state index is 0.0120. The van der Waals surface area contributed by atoms with E-state index >= 15 is 0 Å². The molecule has 0 bridgehead atoms. The maximum absolute atomic E-state index is 11.9. The van der Waals surface area contributed by atoms with Gasteiger partial charge < -0.3 is 10.6 Å². The second-order valence-corrected chi connectivity index (χ2v) is 6.81. The molecule has 0 heterocycles. The van der Waals surface area contributed by atoms with Crippen LogP contribution in [0.4, 0.5) is 5.69 Å². The maximum atomic E-state index is 11.9. The van der Waals surface area contributed by atoms with Crippen LogP contribution in [0.15, 0.2) is 24.3 Å². The van der Waals surface area contributed by atoms with Crippen LogP contribution in [0.1, 0.15) is 57.9 Å². The highest BCUT2D eigenvalue weighted by Gasteiger charge is 2.16. The lowest BCUT2D eigenvalue weighted by molar-refractivity contribution is -0.121. The predicted molar refractivity (Wildman–Crippen MR) is 92.9 cm³/mol. The van der Waals surface area contributed by atoms with Crippen molar-refractivity contribution < 1.29 is 9.59 Å². The van der Waals surface area contributed by atoms with Crippen molar-refractivity contribution in [1.82, 2.24) is 5.32 Å². The van der Waals surface area contributed by atoms with E-state index < -0.39 is 0 Å². The van der Waals surface area contributed by atoms with Crippen LogP contribution in [0.3, 0.4) is 0 Å². The van der Waals surface area contributed by atoms with Crippen LogP contribution in [0.5, 0.6) is 0 Å². The fourth-order valence-electron chi connectivity index (χ4n) is 2.92. The first-order valence-electron chi connectivity index (χ1n) is 8.71. The Labute approximate surface area is 139 Å². The number of amides is 2. The standard InChI is InChI=1S/C19H28N2O2/c1-14(2)19(23)21-17-10-7-16(8-11-17)13-20-18(22)12-9-15-5-3-4-6-15/h7-8,10-11,14-15H,3-6,9,12-13H2,1-2H3,(H,20,22)(H,21,23). The van der Waals surface area contributed by atoms with Crippen molar-refractivity contribution in [3.05, 3.63) is 29.8 Å². The van der Waals surface area contributed by atoms with E-state index in [4.69, 9.17) is 0 Å². The second-order valence-electron chi connectivity index (χ2n) is 6.81. The van der Waals surface area contributed by atoms with Gasteiger partial charge in [0.25, 0.3) is 0 Å². The van der Waals surface area contributed by atoms with Gasteiger partial charge in [0.2, 0.25) is 11.8 Å². The van der Waals surface area contributed by atoms with Gasteiger partial charge in [0, 0.05) is 24.6 Å². The van der Waals surface area contributed by atoms with Gasteiger partial charge in [-0.15, -0.1) is 0 Å². The number of rotatable bonds is 7. The number of hydrogen-bond acceptors (Lipinski definition) is 2. The predicted octanol–water partition coefficient (Wildman–Crippen LogP) is 3.87. The van der Waals surface area contributed by atoms with Crippen LogP contribution < -0.4 is 10.6 Å². The lowest BCUT2D eigenvalue weighted by atomic mass is 10.0. The van der Waals surface area contributed by atoms with Crippen molar-refractivity contribution >= 4 is 17.5 Å². The van der Waals surface area contributed by atoms with Crippen molar-refractivity contribution in [2.24, 2.45) is 11.8 Å². The van der Waals surface area contributed by atoms with Gasteiger partial charge in [-0.2, -0.15) is 0 Å². The Hall–Kier alpha value is -1.84. The first-order chi connectivity index (χ1) is 11.0. The summed E-state index contributed by atoms with van der Waals surface area (Å²) in [7, 11) is 0. The van der Waals surface area contributed by atoms with E-state index in [1.165, 1.54) is 25.7 Å². The smallest absolute Gasteiger partial charge is 0.226 e. The van der Waals surface area contributed by atoms with Crippen molar-refractivity contribution in [2.75, 3.05) is 5.32 Å². The Morgan fingerprint density at radius 2 is 1.78 bits per heavy atom. The summed E-state index contributed by atoms with van der Waals surface area (Å²) in [6.45, 7) is 4.28. The van der Waals surface area contributed by atoms with Crippen molar-refractivity contribution in [3.8, 4) is 0 Å². The molecule has 0 saturated heterocycles. The molecule has 4 heteroatoms. The molecule has 2 amide bonds. The summed E-state index contributed by atoms with van der Waals surface area (Å²) in [5.74, 6) is 0.866. The van der Waals surface area contributed by atoms with E-state index in [0.717, 1.165) is 23.6 Å². The van der Waals surface area contributed by atoms with Crippen LogP contribution in [-0.4, -0.2) is 11.8 Å². The topological polar surface area (TPSA) is 58.2 Å². The minimum atomic E-state index is -0.0335. The monoisotopic (exact) mass is 316 g/mol. The van der Waals surface area contributed by atoms with Gasteiger partial charge in [-0.3, -0.25) is 9.59 Å². The summed E-state index contributed by atoms with van der Waals surface area (Å²) in [6.07, 6.45) is 6.88. The molecule has 2 rings (SSSR count). The highest BCUT2D eigenvalue weighted by Crippen LogP contribution is 2.28. The van der Waals surface area contributed by atoms with E-state index in [1.807, 2.05) is 38.1 Å². The maximum Gasteiger partial charge on any atom is 0.226 e. The van der Waals surface area contributed by atoms with E-state index in [1.54, 1.807) is 0 Å². The van der Waals surface area contributed by atoms with Crippen LogP contribution >= 0.6 is 0 Å². The van der Waals surface area contributed by atoms with Gasteiger partial charge in [-0.05, 0) is 30.0 Å². The Morgan fingerprint density at radius 3 is 2.39 bits per heavy atom. The van der Waals surface area contributed by atoms with Crippen LogP contribution in [0.2, 0.25) is 0 Å². The second kappa shape index (κ2) is 8.70. The first-order valence-corrected chi connectivity index (χ1v) is 8.71. The molecule has 1 saturated carbocycles. The lowest BCUT2D eigenvalue weighted by Crippen LogP contribution is -2.23.